The van der Waals surface area contributed by atoms with Crippen molar-refractivity contribution >= 4 is 51.9 Å². The van der Waals surface area contributed by atoms with Crippen LogP contribution in [0.25, 0.3) is 17.5 Å². The summed E-state index contributed by atoms with van der Waals surface area (Å²) in [6.45, 7) is 1.98. The average molecular weight is 422 g/mol. The van der Waals surface area contributed by atoms with Gasteiger partial charge in [0.25, 0.3) is 5.91 Å². The zero-order valence-corrected chi connectivity index (χ0v) is 16.8. The number of carbonyl (C=O) groups excluding carboxylic acids is 1. The highest BCUT2D eigenvalue weighted by atomic mass is 32.2. The summed E-state index contributed by atoms with van der Waals surface area (Å²) in [6.07, 6.45) is 3.36. The van der Waals surface area contributed by atoms with E-state index in [0.717, 1.165) is 11.3 Å². The zero-order chi connectivity index (χ0) is 20.5. The van der Waals surface area contributed by atoms with E-state index >= 15 is 0 Å². The number of thioether (sulfide) groups is 1. The number of anilines is 1. The maximum Gasteiger partial charge on any atom is 0.335 e. The Morgan fingerprint density at radius 2 is 1.97 bits per heavy atom. The van der Waals surface area contributed by atoms with Gasteiger partial charge in [0.15, 0.2) is 10.1 Å². The minimum absolute atomic E-state index is 0.141. The van der Waals surface area contributed by atoms with Crippen LogP contribution in [-0.4, -0.2) is 26.3 Å². The topological polar surface area (TPSA) is 83.6 Å². The molecule has 1 aromatic carbocycles. The number of thiocarbonyl (C=S) groups is 1. The Hall–Kier alpha value is -3.23. The van der Waals surface area contributed by atoms with Crippen LogP contribution in [0.2, 0.25) is 0 Å². The first-order valence-electron chi connectivity index (χ1n) is 8.56. The van der Waals surface area contributed by atoms with Gasteiger partial charge >= 0.3 is 5.97 Å². The van der Waals surface area contributed by atoms with Crippen molar-refractivity contribution in [2.24, 2.45) is 0 Å². The van der Waals surface area contributed by atoms with Crippen molar-refractivity contribution in [1.82, 2.24) is 4.98 Å². The molecule has 1 aliphatic heterocycles. The van der Waals surface area contributed by atoms with Crippen molar-refractivity contribution in [1.29, 1.82) is 0 Å². The van der Waals surface area contributed by atoms with E-state index in [2.05, 4.69) is 4.98 Å². The molecule has 3 aromatic rings. The van der Waals surface area contributed by atoms with Crippen molar-refractivity contribution in [2.45, 2.75) is 6.92 Å². The van der Waals surface area contributed by atoms with E-state index in [9.17, 15) is 9.59 Å². The number of hydrogen-bond acceptors (Lipinski definition) is 6. The minimum atomic E-state index is -1.03. The molecule has 0 radical (unpaired) electrons. The van der Waals surface area contributed by atoms with Crippen molar-refractivity contribution < 1.29 is 19.1 Å². The van der Waals surface area contributed by atoms with Gasteiger partial charge in [-0.05, 0) is 61.0 Å². The normalized spacial score (nSPS) is 15.3. The van der Waals surface area contributed by atoms with Gasteiger partial charge in [-0.15, -0.1) is 0 Å². The summed E-state index contributed by atoms with van der Waals surface area (Å²) >= 11 is 6.51. The molecule has 0 spiro atoms. The number of carboxylic acid groups (broad SMARTS) is 1. The molecular weight excluding hydrogens is 408 g/mol. The molecule has 1 aliphatic rings. The van der Waals surface area contributed by atoms with Crippen LogP contribution >= 0.6 is 24.0 Å². The summed E-state index contributed by atoms with van der Waals surface area (Å²) in [7, 11) is 0. The predicted octanol–water partition coefficient (Wildman–Crippen LogP) is 4.75. The Morgan fingerprint density at radius 3 is 2.66 bits per heavy atom. The summed E-state index contributed by atoms with van der Waals surface area (Å²) < 4.78 is 6.19. The molecule has 3 heterocycles. The molecule has 1 amide bonds. The lowest BCUT2D eigenvalue weighted by atomic mass is 10.2. The summed E-state index contributed by atoms with van der Waals surface area (Å²) in [5, 5.41) is 9.02. The molecule has 2 aromatic heterocycles. The third-order valence-corrected chi connectivity index (χ3v) is 5.54. The number of carbonyl (C=O) groups is 2. The quantitative estimate of drug-likeness (QED) is 0.480. The van der Waals surface area contributed by atoms with Gasteiger partial charge in [0, 0.05) is 12.3 Å². The molecule has 6 nitrogen and oxygen atoms in total. The molecule has 8 heteroatoms. The Balaban J connectivity index is 1.59. The molecular formula is C21H14N2O4S2. The van der Waals surface area contributed by atoms with E-state index in [0.29, 0.717) is 26.4 Å². The second-order valence-electron chi connectivity index (χ2n) is 6.29. The standard InChI is InChI=1S/C21H14N2O4S2/c1-12-8-9-22-16(10-12)17-7-6-15(27-17)11-18-19(24)23(21(28)29-18)14-4-2-13(3-5-14)20(25)26/h2-11H,1H3,(H,25,26)/b18-11+. The first kappa shape index (κ1) is 19.1. The van der Waals surface area contributed by atoms with Crippen LogP contribution in [0.5, 0.6) is 0 Å². The van der Waals surface area contributed by atoms with Gasteiger partial charge in [-0.2, -0.15) is 0 Å². The number of amides is 1. The molecule has 1 fully saturated rings. The summed E-state index contributed by atoms with van der Waals surface area (Å²) in [5.74, 6) is -0.182. The highest BCUT2D eigenvalue weighted by molar-refractivity contribution is 8.27. The number of hydrogen-bond donors (Lipinski definition) is 1. The molecule has 0 unspecified atom stereocenters. The van der Waals surface area contributed by atoms with Gasteiger partial charge in [-0.3, -0.25) is 14.7 Å². The minimum Gasteiger partial charge on any atom is -0.478 e. The number of rotatable bonds is 4. The Labute approximate surface area is 175 Å². The van der Waals surface area contributed by atoms with E-state index in [-0.39, 0.29) is 11.5 Å². The SMILES string of the molecule is Cc1ccnc(-c2ccc(/C=C3/SC(=S)N(c4ccc(C(=O)O)cc4)C3=O)o2)c1. The smallest absolute Gasteiger partial charge is 0.335 e. The fraction of sp³-hybridized carbons (Fsp3) is 0.0476. The lowest BCUT2D eigenvalue weighted by molar-refractivity contribution is -0.113. The molecule has 29 heavy (non-hydrogen) atoms. The number of nitrogens with zero attached hydrogens (tertiary/aromatic N) is 2. The van der Waals surface area contributed by atoms with Gasteiger partial charge in [0.05, 0.1) is 16.2 Å². The van der Waals surface area contributed by atoms with E-state index in [1.807, 2.05) is 19.1 Å². The number of pyridine rings is 1. The van der Waals surface area contributed by atoms with Crippen molar-refractivity contribution in [2.75, 3.05) is 4.90 Å². The number of aromatic carboxylic acids is 1. The van der Waals surface area contributed by atoms with Crippen LogP contribution in [0.1, 0.15) is 21.7 Å². The number of furan rings is 1. The predicted molar refractivity (Wildman–Crippen MR) is 116 cm³/mol. The van der Waals surface area contributed by atoms with Crippen LogP contribution in [0.3, 0.4) is 0 Å². The average Bonchev–Trinajstić information content (AvgIpc) is 3.27. The van der Waals surface area contributed by atoms with Gasteiger partial charge in [-0.1, -0.05) is 24.0 Å². The molecule has 1 N–H and O–H groups in total. The van der Waals surface area contributed by atoms with E-state index in [1.165, 1.54) is 28.8 Å². The fourth-order valence-electron chi connectivity index (χ4n) is 2.81. The first-order chi connectivity index (χ1) is 13.9. The Bertz CT molecular complexity index is 1170. The number of benzene rings is 1. The molecule has 0 aliphatic carbocycles. The maximum absolute atomic E-state index is 12.8. The highest BCUT2D eigenvalue weighted by Crippen LogP contribution is 2.36. The van der Waals surface area contributed by atoms with Crippen LogP contribution in [-0.2, 0) is 4.79 Å². The number of carboxylic acids is 1. The third kappa shape index (κ3) is 3.85. The van der Waals surface area contributed by atoms with Crippen LogP contribution in [0.15, 0.2) is 64.1 Å². The fourth-order valence-corrected chi connectivity index (χ4v) is 4.09. The largest absolute Gasteiger partial charge is 0.478 e. The van der Waals surface area contributed by atoms with Crippen molar-refractivity contribution in [3.05, 3.63) is 76.5 Å². The molecule has 1 saturated heterocycles. The van der Waals surface area contributed by atoms with Crippen LogP contribution in [0, 0.1) is 6.92 Å². The molecule has 0 saturated carbocycles. The Morgan fingerprint density at radius 1 is 1.21 bits per heavy atom. The molecule has 4 rings (SSSR count). The van der Waals surface area contributed by atoms with Gasteiger partial charge in [-0.25, -0.2) is 4.79 Å². The maximum atomic E-state index is 12.8. The second-order valence-corrected chi connectivity index (χ2v) is 7.97. The number of aromatic nitrogens is 1. The zero-order valence-electron chi connectivity index (χ0n) is 15.2. The van der Waals surface area contributed by atoms with E-state index in [1.54, 1.807) is 36.5 Å². The van der Waals surface area contributed by atoms with Crippen molar-refractivity contribution in [3.63, 3.8) is 0 Å². The lowest BCUT2D eigenvalue weighted by Gasteiger charge is -2.14. The second kappa shape index (κ2) is 7.65. The van der Waals surface area contributed by atoms with Gasteiger partial charge in [0.2, 0.25) is 0 Å². The highest BCUT2D eigenvalue weighted by Gasteiger charge is 2.33. The van der Waals surface area contributed by atoms with Crippen molar-refractivity contribution in [3.8, 4) is 11.5 Å². The molecule has 144 valence electrons. The first-order valence-corrected chi connectivity index (χ1v) is 9.79. The number of aryl methyl sites for hydroxylation is 1. The summed E-state index contributed by atoms with van der Waals surface area (Å²) in [4.78, 5) is 29.9. The molecule has 0 atom stereocenters. The monoisotopic (exact) mass is 422 g/mol. The Kier molecular flexibility index (Phi) is 5.04. The van der Waals surface area contributed by atoms with E-state index in [4.69, 9.17) is 21.7 Å². The molecule has 0 bridgehead atoms. The summed E-state index contributed by atoms with van der Waals surface area (Å²) in [6, 6.07) is 13.4. The van der Waals surface area contributed by atoms with Crippen LogP contribution in [0.4, 0.5) is 5.69 Å². The van der Waals surface area contributed by atoms with Gasteiger partial charge in [0.1, 0.15) is 11.5 Å². The van der Waals surface area contributed by atoms with Gasteiger partial charge < -0.3 is 9.52 Å². The van der Waals surface area contributed by atoms with E-state index < -0.39 is 5.97 Å². The summed E-state index contributed by atoms with van der Waals surface area (Å²) in [5.41, 5.74) is 2.45. The third-order valence-electron chi connectivity index (χ3n) is 4.23. The lowest BCUT2D eigenvalue weighted by Crippen LogP contribution is -2.27. The van der Waals surface area contributed by atoms with Crippen LogP contribution < -0.4 is 4.90 Å².